The maximum Gasteiger partial charge on any atom is 0.416 e. The molecule has 2 aliphatic rings. The highest BCUT2D eigenvalue weighted by molar-refractivity contribution is 5.75. The van der Waals surface area contributed by atoms with Crippen molar-refractivity contribution in [2.75, 3.05) is 0 Å². The molecule has 2 fully saturated rings. The third-order valence-electron chi connectivity index (χ3n) is 6.86. The Labute approximate surface area is 211 Å². The molecule has 4 unspecified atom stereocenters. The first-order chi connectivity index (χ1) is 17.1. The molecular formula is C27H29F6NO3. The van der Waals surface area contributed by atoms with Gasteiger partial charge in [0.2, 0.25) is 0 Å². The number of esters is 1. The van der Waals surface area contributed by atoms with Crippen LogP contribution >= 0.6 is 0 Å². The zero-order valence-electron chi connectivity index (χ0n) is 20.7. The van der Waals surface area contributed by atoms with E-state index in [1.165, 1.54) is 0 Å². The molecule has 37 heavy (non-hydrogen) atoms. The maximum atomic E-state index is 13.3. The van der Waals surface area contributed by atoms with Crippen LogP contribution in [0.4, 0.5) is 26.3 Å². The zero-order chi connectivity index (χ0) is 27.2. The van der Waals surface area contributed by atoms with E-state index in [4.69, 9.17) is 9.47 Å². The summed E-state index contributed by atoms with van der Waals surface area (Å²) in [7, 11) is 0. The van der Waals surface area contributed by atoms with Gasteiger partial charge in [0.1, 0.15) is 5.60 Å². The van der Waals surface area contributed by atoms with E-state index in [2.05, 4.69) is 5.32 Å². The van der Waals surface area contributed by atoms with Gasteiger partial charge < -0.3 is 14.8 Å². The van der Waals surface area contributed by atoms with Crippen LogP contribution in [0, 0.1) is 5.92 Å². The molecule has 1 N–H and O–H groups in total. The van der Waals surface area contributed by atoms with Gasteiger partial charge in [0.05, 0.1) is 35.3 Å². The minimum Gasteiger partial charge on any atom is -0.460 e. The standard InChI is InChI=1S/C27H29F6NO3/c1-24(2,3)37-23(35)20-14-25(17-7-5-4-6-8-17)22(10-9-21(20)34-25)36-15-16-11-18(26(28,29)30)13-19(12-16)27(31,32)33/h4-8,11-13,20-22,34H,9-10,14-15H2,1-3H3. The highest BCUT2D eigenvalue weighted by Gasteiger charge is 2.57. The summed E-state index contributed by atoms with van der Waals surface area (Å²) < 4.78 is 91.6. The number of halogens is 6. The van der Waals surface area contributed by atoms with E-state index in [-0.39, 0.29) is 23.6 Å². The number of ether oxygens (including phenoxy) is 2. The summed E-state index contributed by atoms with van der Waals surface area (Å²) >= 11 is 0. The second kappa shape index (κ2) is 9.62. The fourth-order valence-electron chi connectivity index (χ4n) is 5.33. The zero-order valence-corrected chi connectivity index (χ0v) is 20.7. The number of carbonyl (C=O) groups is 1. The summed E-state index contributed by atoms with van der Waals surface area (Å²) in [5.74, 6) is -0.824. The molecule has 4 nitrogen and oxygen atoms in total. The van der Waals surface area contributed by atoms with Crippen LogP contribution in [0.1, 0.15) is 62.3 Å². The van der Waals surface area contributed by atoms with Gasteiger partial charge in [-0.25, -0.2) is 0 Å². The first-order valence-corrected chi connectivity index (χ1v) is 12.0. The molecular weight excluding hydrogens is 500 g/mol. The number of benzene rings is 2. The third kappa shape index (κ3) is 5.95. The molecule has 4 rings (SSSR count). The molecule has 0 radical (unpaired) electrons. The largest absolute Gasteiger partial charge is 0.460 e. The van der Waals surface area contributed by atoms with Gasteiger partial charge >= 0.3 is 18.3 Å². The molecule has 0 saturated carbocycles. The Morgan fingerprint density at radius 3 is 2.08 bits per heavy atom. The van der Waals surface area contributed by atoms with Gasteiger partial charge in [-0.2, -0.15) is 26.3 Å². The molecule has 2 aromatic rings. The fraction of sp³-hybridized carbons (Fsp3) is 0.519. The second-order valence-corrected chi connectivity index (χ2v) is 10.7. The van der Waals surface area contributed by atoms with E-state index in [1.54, 1.807) is 20.8 Å². The van der Waals surface area contributed by atoms with Crippen LogP contribution in [-0.2, 0) is 38.8 Å². The molecule has 0 spiro atoms. The molecule has 202 valence electrons. The van der Waals surface area contributed by atoms with Crippen LogP contribution in [-0.4, -0.2) is 23.7 Å². The van der Waals surface area contributed by atoms with Crippen molar-refractivity contribution in [1.82, 2.24) is 5.32 Å². The lowest BCUT2D eigenvalue weighted by Crippen LogP contribution is -2.54. The Kier molecular flexibility index (Phi) is 7.13. The predicted octanol–water partition coefficient (Wildman–Crippen LogP) is 6.62. The van der Waals surface area contributed by atoms with E-state index >= 15 is 0 Å². The Balaban J connectivity index is 1.63. The maximum absolute atomic E-state index is 13.3. The number of rotatable bonds is 5. The fourth-order valence-corrected chi connectivity index (χ4v) is 5.33. The number of hydrogen-bond donors (Lipinski definition) is 1. The average Bonchev–Trinajstić information content (AvgIpc) is 3.11. The Bertz CT molecular complexity index is 1090. The summed E-state index contributed by atoms with van der Waals surface area (Å²) in [4.78, 5) is 13.0. The van der Waals surface area contributed by atoms with Crippen molar-refractivity contribution in [1.29, 1.82) is 0 Å². The molecule has 10 heteroatoms. The van der Waals surface area contributed by atoms with Crippen LogP contribution in [0.2, 0.25) is 0 Å². The van der Waals surface area contributed by atoms with Crippen molar-refractivity contribution in [3.8, 4) is 0 Å². The molecule has 0 aliphatic carbocycles. The molecule has 2 aliphatic heterocycles. The minimum atomic E-state index is -4.94. The number of nitrogens with one attached hydrogen (secondary N) is 1. The van der Waals surface area contributed by atoms with Crippen LogP contribution in [0.15, 0.2) is 48.5 Å². The van der Waals surface area contributed by atoms with Crippen LogP contribution in [0.3, 0.4) is 0 Å². The predicted molar refractivity (Wildman–Crippen MR) is 123 cm³/mol. The van der Waals surface area contributed by atoms with Crippen molar-refractivity contribution < 1.29 is 40.6 Å². The van der Waals surface area contributed by atoms with Gasteiger partial charge in [-0.15, -0.1) is 0 Å². The van der Waals surface area contributed by atoms with E-state index in [9.17, 15) is 31.1 Å². The van der Waals surface area contributed by atoms with Gasteiger partial charge in [-0.1, -0.05) is 30.3 Å². The van der Waals surface area contributed by atoms with Crippen molar-refractivity contribution in [3.63, 3.8) is 0 Å². The number of hydrogen-bond acceptors (Lipinski definition) is 4. The molecule has 2 aromatic carbocycles. The first-order valence-electron chi connectivity index (χ1n) is 12.0. The molecule has 2 saturated heterocycles. The smallest absolute Gasteiger partial charge is 0.416 e. The van der Waals surface area contributed by atoms with Crippen molar-refractivity contribution in [3.05, 3.63) is 70.8 Å². The number of alkyl halides is 6. The Morgan fingerprint density at radius 1 is 0.946 bits per heavy atom. The second-order valence-electron chi connectivity index (χ2n) is 10.7. The lowest BCUT2D eigenvalue weighted by Gasteiger charge is -2.42. The van der Waals surface area contributed by atoms with E-state index < -0.39 is 53.2 Å². The first kappa shape index (κ1) is 27.4. The molecule has 4 atom stereocenters. The van der Waals surface area contributed by atoms with Crippen LogP contribution in [0.25, 0.3) is 0 Å². The third-order valence-corrected chi connectivity index (χ3v) is 6.86. The van der Waals surface area contributed by atoms with Gasteiger partial charge in [-0.05, 0) is 69.4 Å². The van der Waals surface area contributed by atoms with Crippen molar-refractivity contribution >= 4 is 5.97 Å². The summed E-state index contributed by atoms with van der Waals surface area (Å²) in [6.07, 6.45) is -9.13. The molecule has 0 amide bonds. The van der Waals surface area contributed by atoms with E-state index in [0.717, 1.165) is 5.56 Å². The normalized spacial score (nSPS) is 26.2. The van der Waals surface area contributed by atoms with Gasteiger partial charge in [0, 0.05) is 6.04 Å². The van der Waals surface area contributed by atoms with Gasteiger partial charge in [-0.3, -0.25) is 4.79 Å². The van der Waals surface area contributed by atoms with E-state index in [0.29, 0.717) is 31.4 Å². The Morgan fingerprint density at radius 2 is 1.54 bits per heavy atom. The average molecular weight is 530 g/mol. The lowest BCUT2D eigenvalue weighted by atomic mass is 9.80. The number of carbonyl (C=O) groups excluding carboxylic acids is 1. The van der Waals surface area contributed by atoms with Crippen molar-refractivity contribution in [2.45, 2.75) is 82.3 Å². The molecule has 2 bridgehead atoms. The number of piperidine rings is 1. The quantitative estimate of drug-likeness (QED) is 0.350. The minimum absolute atomic E-state index is 0.101. The number of fused-ring (bicyclic) bond motifs is 2. The summed E-state index contributed by atoms with van der Waals surface area (Å²) in [5, 5.41) is 3.51. The van der Waals surface area contributed by atoms with Crippen LogP contribution < -0.4 is 5.32 Å². The SMILES string of the molecule is CC(C)(C)OC(=O)C1CC2(c3ccccc3)NC1CCC2OCc1cc(C(F)(F)F)cc(C(F)(F)F)c1. The topological polar surface area (TPSA) is 47.6 Å². The Hall–Kier alpha value is -2.59. The lowest BCUT2D eigenvalue weighted by molar-refractivity contribution is -0.160. The molecule has 2 heterocycles. The van der Waals surface area contributed by atoms with Crippen molar-refractivity contribution in [2.24, 2.45) is 5.92 Å². The van der Waals surface area contributed by atoms with Crippen LogP contribution in [0.5, 0.6) is 0 Å². The summed E-state index contributed by atoms with van der Waals surface area (Å²) in [5.41, 5.74) is -3.69. The summed E-state index contributed by atoms with van der Waals surface area (Å²) in [6, 6.07) is 10.5. The summed E-state index contributed by atoms with van der Waals surface area (Å²) in [6.45, 7) is 4.89. The van der Waals surface area contributed by atoms with Gasteiger partial charge in [0.25, 0.3) is 0 Å². The highest BCUT2D eigenvalue weighted by atomic mass is 19.4. The highest BCUT2D eigenvalue weighted by Crippen LogP contribution is 2.48. The molecule has 0 aromatic heterocycles. The van der Waals surface area contributed by atoms with Gasteiger partial charge in [0.15, 0.2) is 0 Å². The monoisotopic (exact) mass is 529 g/mol. The van der Waals surface area contributed by atoms with E-state index in [1.807, 2.05) is 30.3 Å².